The highest BCUT2D eigenvalue weighted by Gasteiger charge is 2.09. The van der Waals surface area contributed by atoms with Crippen molar-refractivity contribution in [2.45, 2.75) is 13.5 Å². The van der Waals surface area contributed by atoms with Crippen LogP contribution in [0, 0.1) is 12.3 Å². The molecule has 3 N–H and O–H groups in total. The van der Waals surface area contributed by atoms with Crippen molar-refractivity contribution in [3.63, 3.8) is 0 Å². The molecule has 0 amide bonds. The smallest absolute Gasteiger partial charge is 0.130 e. The van der Waals surface area contributed by atoms with Crippen LogP contribution < -0.4 is 10.5 Å². The molecule has 0 fully saturated rings. The maximum Gasteiger partial charge on any atom is 0.130 e. The van der Waals surface area contributed by atoms with Crippen LogP contribution in [-0.4, -0.2) is 5.84 Å². The van der Waals surface area contributed by atoms with Crippen molar-refractivity contribution in [2.24, 2.45) is 5.73 Å². The molecule has 2 aromatic carbocycles. The zero-order chi connectivity index (χ0) is 13.0. The summed E-state index contributed by atoms with van der Waals surface area (Å²) in [6.07, 6.45) is 0. The number of amidine groups is 1. The minimum absolute atomic E-state index is 0.0381. The van der Waals surface area contributed by atoms with Gasteiger partial charge in [-0.15, -0.1) is 0 Å². The van der Waals surface area contributed by atoms with Crippen LogP contribution in [0.15, 0.2) is 48.5 Å². The molecule has 2 rings (SSSR count). The maximum absolute atomic E-state index is 7.60. The Kier molecular flexibility index (Phi) is 3.63. The van der Waals surface area contributed by atoms with Crippen molar-refractivity contribution in [2.75, 3.05) is 0 Å². The van der Waals surface area contributed by atoms with Crippen molar-refractivity contribution in [1.29, 1.82) is 5.41 Å². The first kappa shape index (κ1) is 12.2. The van der Waals surface area contributed by atoms with Gasteiger partial charge in [0.05, 0.1) is 5.56 Å². The van der Waals surface area contributed by atoms with E-state index in [1.165, 1.54) is 0 Å². The zero-order valence-corrected chi connectivity index (χ0v) is 10.3. The van der Waals surface area contributed by atoms with Gasteiger partial charge in [-0.3, -0.25) is 5.41 Å². The number of nitrogens with two attached hydrogens (primary N) is 1. The van der Waals surface area contributed by atoms with Crippen LogP contribution in [0.1, 0.15) is 16.7 Å². The molecule has 2 aromatic rings. The first-order chi connectivity index (χ1) is 8.68. The number of hydrogen-bond acceptors (Lipinski definition) is 2. The largest absolute Gasteiger partial charge is 0.488 e. The molecule has 0 spiro atoms. The number of aryl methyl sites for hydroxylation is 1. The summed E-state index contributed by atoms with van der Waals surface area (Å²) in [6, 6.07) is 15.6. The highest BCUT2D eigenvalue weighted by atomic mass is 16.5. The van der Waals surface area contributed by atoms with E-state index in [1.807, 2.05) is 55.5 Å². The molecule has 0 saturated heterocycles. The van der Waals surface area contributed by atoms with Crippen molar-refractivity contribution >= 4 is 5.84 Å². The summed E-state index contributed by atoms with van der Waals surface area (Å²) in [5.74, 6) is 0.697. The van der Waals surface area contributed by atoms with Crippen LogP contribution in [0.5, 0.6) is 5.75 Å². The van der Waals surface area contributed by atoms with Crippen LogP contribution in [-0.2, 0) is 6.61 Å². The lowest BCUT2D eigenvalue weighted by Gasteiger charge is -2.12. The summed E-state index contributed by atoms with van der Waals surface area (Å²) in [7, 11) is 0. The molecule has 0 aromatic heterocycles. The average Bonchev–Trinajstić information content (AvgIpc) is 2.37. The van der Waals surface area contributed by atoms with E-state index in [0.717, 1.165) is 11.1 Å². The van der Waals surface area contributed by atoms with E-state index in [-0.39, 0.29) is 5.84 Å². The quantitative estimate of drug-likeness (QED) is 0.637. The van der Waals surface area contributed by atoms with Gasteiger partial charge in [-0.1, -0.05) is 42.5 Å². The first-order valence-electron chi connectivity index (χ1n) is 5.79. The number of hydrogen-bond donors (Lipinski definition) is 2. The van der Waals surface area contributed by atoms with Gasteiger partial charge in [-0.2, -0.15) is 0 Å². The second-order valence-electron chi connectivity index (χ2n) is 4.14. The van der Waals surface area contributed by atoms with Crippen LogP contribution in [0.4, 0.5) is 0 Å². The van der Waals surface area contributed by atoms with Crippen LogP contribution >= 0.6 is 0 Å². The monoisotopic (exact) mass is 240 g/mol. The van der Waals surface area contributed by atoms with Crippen molar-refractivity contribution in [3.8, 4) is 5.75 Å². The maximum atomic E-state index is 7.60. The van der Waals surface area contributed by atoms with E-state index < -0.39 is 0 Å². The zero-order valence-electron chi connectivity index (χ0n) is 10.3. The molecule has 18 heavy (non-hydrogen) atoms. The minimum Gasteiger partial charge on any atom is -0.488 e. The van der Waals surface area contributed by atoms with Crippen LogP contribution in [0.3, 0.4) is 0 Å². The Morgan fingerprint density at radius 1 is 1.11 bits per heavy atom. The number of nitrogen functional groups attached to an aromatic ring is 1. The Morgan fingerprint density at radius 2 is 1.83 bits per heavy atom. The van der Waals surface area contributed by atoms with Gasteiger partial charge in [-0.25, -0.2) is 0 Å². The van der Waals surface area contributed by atoms with Gasteiger partial charge in [0.1, 0.15) is 18.2 Å². The van der Waals surface area contributed by atoms with Crippen molar-refractivity contribution in [1.82, 2.24) is 0 Å². The van der Waals surface area contributed by atoms with Crippen molar-refractivity contribution in [3.05, 3.63) is 65.2 Å². The van der Waals surface area contributed by atoms with E-state index in [4.69, 9.17) is 15.9 Å². The fourth-order valence-corrected chi connectivity index (χ4v) is 1.84. The summed E-state index contributed by atoms with van der Waals surface area (Å²) in [4.78, 5) is 0. The Hall–Kier alpha value is -2.29. The van der Waals surface area contributed by atoms with E-state index >= 15 is 0 Å². The number of ether oxygens (including phenoxy) is 1. The van der Waals surface area contributed by atoms with Gasteiger partial charge in [0.25, 0.3) is 0 Å². The lowest BCUT2D eigenvalue weighted by atomic mass is 10.1. The van der Waals surface area contributed by atoms with Gasteiger partial charge in [0, 0.05) is 0 Å². The molecule has 0 unspecified atom stereocenters. The molecule has 0 aliphatic carbocycles. The molecular formula is C15H16N2O. The van der Waals surface area contributed by atoms with E-state index in [2.05, 4.69) is 0 Å². The fraction of sp³-hybridized carbons (Fsp3) is 0.133. The highest BCUT2D eigenvalue weighted by Crippen LogP contribution is 2.22. The third-order valence-electron chi connectivity index (χ3n) is 2.74. The molecule has 0 heterocycles. The van der Waals surface area contributed by atoms with E-state index in [0.29, 0.717) is 17.9 Å². The molecule has 0 aliphatic heterocycles. The molecule has 3 heteroatoms. The first-order valence-corrected chi connectivity index (χ1v) is 5.79. The van der Waals surface area contributed by atoms with Gasteiger partial charge >= 0.3 is 0 Å². The second-order valence-corrected chi connectivity index (χ2v) is 4.14. The number of rotatable bonds is 4. The van der Waals surface area contributed by atoms with Crippen LogP contribution in [0.25, 0.3) is 0 Å². The van der Waals surface area contributed by atoms with Crippen molar-refractivity contribution < 1.29 is 4.74 Å². The Labute approximate surface area is 107 Å². The molecule has 0 aliphatic rings. The Balaban J connectivity index is 2.20. The normalized spacial score (nSPS) is 10.1. The molecule has 92 valence electrons. The highest BCUT2D eigenvalue weighted by molar-refractivity contribution is 5.99. The van der Waals surface area contributed by atoms with Gasteiger partial charge in [0.2, 0.25) is 0 Å². The Morgan fingerprint density at radius 3 is 2.50 bits per heavy atom. The summed E-state index contributed by atoms with van der Waals surface area (Å²) in [5, 5.41) is 7.60. The summed E-state index contributed by atoms with van der Waals surface area (Å²) in [6.45, 7) is 2.40. The summed E-state index contributed by atoms with van der Waals surface area (Å²) < 4.78 is 5.74. The predicted molar refractivity (Wildman–Crippen MR) is 73.0 cm³/mol. The lowest BCUT2D eigenvalue weighted by molar-refractivity contribution is 0.305. The topological polar surface area (TPSA) is 59.1 Å². The summed E-state index contributed by atoms with van der Waals surface area (Å²) >= 11 is 0. The number of nitrogens with one attached hydrogen (secondary N) is 1. The third kappa shape index (κ3) is 2.69. The minimum atomic E-state index is 0.0381. The molecular weight excluding hydrogens is 224 g/mol. The van der Waals surface area contributed by atoms with Gasteiger partial charge in [0.15, 0.2) is 0 Å². The van der Waals surface area contributed by atoms with E-state index in [9.17, 15) is 0 Å². The fourth-order valence-electron chi connectivity index (χ4n) is 1.84. The summed E-state index contributed by atoms with van der Waals surface area (Å²) in [5.41, 5.74) is 8.31. The lowest BCUT2D eigenvalue weighted by Crippen LogP contribution is -2.14. The molecule has 3 nitrogen and oxygen atoms in total. The molecule has 0 atom stereocenters. The SMILES string of the molecule is Cc1cccc(OCc2ccccc2)c1C(=N)N. The second kappa shape index (κ2) is 5.36. The number of benzene rings is 2. The molecule has 0 saturated carbocycles. The molecule has 0 radical (unpaired) electrons. The average molecular weight is 240 g/mol. The van der Waals surface area contributed by atoms with Gasteiger partial charge < -0.3 is 10.5 Å². The standard InChI is InChI=1S/C15H16N2O/c1-11-6-5-9-13(14(11)15(16)17)18-10-12-7-3-2-4-8-12/h2-9H,10H2,1H3,(H3,16,17). The Bertz CT molecular complexity index is 550. The van der Waals surface area contributed by atoms with E-state index in [1.54, 1.807) is 0 Å². The van der Waals surface area contributed by atoms with Crippen LogP contribution in [0.2, 0.25) is 0 Å². The third-order valence-corrected chi connectivity index (χ3v) is 2.74. The molecule has 0 bridgehead atoms. The van der Waals surface area contributed by atoms with Gasteiger partial charge in [-0.05, 0) is 24.1 Å². The predicted octanol–water partition coefficient (Wildman–Crippen LogP) is 2.86.